The highest BCUT2D eigenvalue weighted by Crippen LogP contribution is 2.43. The van der Waals surface area contributed by atoms with Gasteiger partial charge >= 0.3 is 0 Å². The number of halogens is 2. The molecule has 6 heteroatoms. The summed E-state index contributed by atoms with van der Waals surface area (Å²) in [7, 11) is 0. The van der Waals surface area contributed by atoms with E-state index in [1.54, 1.807) is 18.2 Å². The Balaban J connectivity index is 2.23. The smallest absolute Gasteiger partial charge is 0.205 e. The highest BCUT2D eigenvalue weighted by molar-refractivity contribution is 9.10. The molecule has 0 bridgehead atoms. The topological polar surface area (TPSA) is 79.3 Å². The van der Waals surface area contributed by atoms with Crippen LogP contribution in [0.4, 0.5) is 4.39 Å². The van der Waals surface area contributed by atoms with Gasteiger partial charge in [0.05, 0.1) is 10.4 Å². The van der Waals surface area contributed by atoms with Crippen molar-refractivity contribution >= 4 is 15.9 Å². The molecule has 0 radical (unpaired) electrons. The van der Waals surface area contributed by atoms with Gasteiger partial charge in [0.25, 0.3) is 0 Å². The van der Waals surface area contributed by atoms with E-state index in [0.29, 0.717) is 21.3 Å². The van der Waals surface area contributed by atoms with E-state index in [1.807, 2.05) is 6.07 Å². The Bertz CT molecular complexity index is 843. The number of nitrogens with zero attached hydrogens (tertiary/aromatic N) is 1. The zero-order chi connectivity index (χ0) is 15.9. The first-order valence-corrected chi connectivity index (χ1v) is 7.16. The lowest BCUT2D eigenvalue weighted by Gasteiger charge is -2.26. The molecule has 0 saturated carbocycles. The Hall–Kier alpha value is -2.52. The van der Waals surface area contributed by atoms with Gasteiger partial charge in [0, 0.05) is 11.6 Å². The van der Waals surface area contributed by atoms with Crippen molar-refractivity contribution in [2.45, 2.75) is 5.92 Å². The van der Waals surface area contributed by atoms with Gasteiger partial charge in [0.2, 0.25) is 5.88 Å². The number of allylic oxidation sites excluding steroid dienone is 1. The first kappa shape index (κ1) is 14.4. The summed E-state index contributed by atoms with van der Waals surface area (Å²) in [4.78, 5) is 0. The number of phenolic OH excluding ortho intramolecular Hbond substituents is 1. The number of nitriles is 1. The van der Waals surface area contributed by atoms with Crippen LogP contribution >= 0.6 is 15.9 Å². The Labute approximate surface area is 134 Å². The van der Waals surface area contributed by atoms with Gasteiger partial charge in [-0.3, -0.25) is 0 Å². The number of aromatic hydroxyl groups is 1. The molecule has 3 N–H and O–H groups in total. The predicted molar refractivity (Wildman–Crippen MR) is 81.5 cm³/mol. The van der Waals surface area contributed by atoms with Crippen molar-refractivity contribution in [2.75, 3.05) is 0 Å². The average molecular weight is 361 g/mol. The molecular weight excluding hydrogens is 351 g/mol. The molecule has 2 aromatic carbocycles. The van der Waals surface area contributed by atoms with E-state index in [9.17, 15) is 14.8 Å². The van der Waals surface area contributed by atoms with Crippen LogP contribution < -0.4 is 10.5 Å². The van der Waals surface area contributed by atoms with Crippen molar-refractivity contribution in [3.63, 3.8) is 0 Å². The Morgan fingerprint density at radius 1 is 1.27 bits per heavy atom. The zero-order valence-electron chi connectivity index (χ0n) is 11.2. The van der Waals surface area contributed by atoms with Gasteiger partial charge in [0.1, 0.15) is 29.0 Å². The molecule has 1 heterocycles. The minimum Gasteiger partial charge on any atom is -0.508 e. The summed E-state index contributed by atoms with van der Waals surface area (Å²) in [5.41, 5.74) is 7.44. The van der Waals surface area contributed by atoms with Gasteiger partial charge in [-0.15, -0.1) is 0 Å². The van der Waals surface area contributed by atoms with Crippen LogP contribution in [0.25, 0.3) is 0 Å². The molecule has 110 valence electrons. The minimum absolute atomic E-state index is 0.0222. The summed E-state index contributed by atoms with van der Waals surface area (Å²) < 4.78 is 19.2. The van der Waals surface area contributed by atoms with Crippen molar-refractivity contribution in [3.05, 3.63) is 69.3 Å². The summed E-state index contributed by atoms with van der Waals surface area (Å²) in [5, 5.41) is 19.0. The van der Waals surface area contributed by atoms with Crippen LogP contribution in [0.2, 0.25) is 0 Å². The lowest BCUT2D eigenvalue weighted by molar-refractivity contribution is 0.388. The SMILES string of the molecule is N#CC1=C(N)Oc2cc(O)ccc2[C@@H]1c1ccc(F)c(Br)c1. The Kier molecular flexibility index (Phi) is 3.51. The number of rotatable bonds is 1. The molecular formula is C16H10BrFN2O2. The zero-order valence-corrected chi connectivity index (χ0v) is 12.8. The second kappa shape index (κ2) is 5.35. The van der Waals surface area contributed by atoms with E-state index in [-0.39, 0.29) is 17.2 Å². The van der Waals surface area contributed by atoms with Crippen LogP contribution in [0.15, 0.2) is 52.3 Å². The highest BCUT2D eigenvalue weighted by Gasteiger charge is 2.31. The lowest BCUT2D eigenvalue weighted by atomic mass is 9.83. The Morgan fingerprint density at radius 2 is 2.05 bits per heavy atom. The predicted octanol–water partition coefficient (Wildman–Crippen LogP) is 3.51. The first-order valence-electron chi connectivity index (χ1n) is 6.36. The summed E-state index contributed by atoms with van der Waals surface area (Å²) in [6, 6.07) is 11.2. The van der Waals surface area contributed by atoms with Crippen molar-refractivity contribution < 1.29 is 14.2 Å². The van der Waals surface area contributed by atoms with E-state index in [2.05, 4.69) is 15.9 Å². The molecule has 4 nitrogen and oxygen atoms in total. The average Bonchev–Trinajstić information content (AvgIpc) is 2.48. The van der Waals surface area contributed by atoms with Crippen LogP contribution in [0.5, 0.6) is 11.5 Å². The van der Waals surface area contributed by atoms with Crippen LogP contribution in [0.1, 0.15) is 17.0 Å². The molecule has 0 spiro atoms. The van der Waals surface area contributed by atoms with Crippen molar-refractivity contribution in [1.29, 1.82) is 5.26 Å². The van der Waals surface area contributed by atoms with Crippen molar-refractivity contribution in [2.24, 2.45) is 5.73 Å². The largest absolute Gasteiger partial charge is 0.508 e. The molecule has 3 rings (SSSR count). The van der Waals surface area contributed by atoms with Crippen LogP contribution in [0.3, 0.4) is 0 Å². The molecule has 0 aliphatic carbocycles. The van der Waals surface area contributed by atoms with E-state index in [1.165, 1.54) is 18.2 Å². The van der Waals surface area contributed by atoms with Crippen LogP contribution in [-0.4, -0.2) is 5.11 Å². The summed E-state index contributed by atoms with van der Waals surface area (Å²) in [5.74, 6) is -0.484. The lowest BCUT2D eigenvalue weighted by Crippen LogP contribution is -2.21. The maximum Gasteiger partial charge on any atom is 0.205 e. The fraction of sp³-hybridized carbons (Fsp3) is 0.0625. The monoisotopic (exact) mass is 360 g/mol. The molecule has 0 aromatic heterocycles. The van der Waals surface area contributed by atoms with E-state index >= 15 is 0 Å². The summed E-state index contributed by atoms with van der Waals surface area (Å²) >= 11 is 3.14. The number of hydrogen-bond acceptors (Lipinski definition) is 4. The van der Waals surface area contributed by atoms with Gasteiger partial charge in [-0.2, -0.15) is 5.26 Å². The molecule has 22 heavy (non-hydrogen) atoms. The third-order valence-corrected chi connectivity index (χ3v) is 4.09. The third-order valence-electron chi connectivity index (χ3n) is 3.48. The third kappa shape index (κ3) is 2.30. The molecule has 0 amide bonds. The van der Waals surface area contributed by atoms with E-state index in [0.717, 1.165) is 0 Å². The van der Waals surface area contributed by atoms with Crippen molar-refractivity contribution in [1.82, 2.24) is 0 Å². The number of hydrogen-bond donors (Lipinski definition) is 2. The summed E-state index contributed by atoms with van der Waals surface area (Å²) in [6.45, 7) is 0. The summed E-state index contributed by atoms with van der Waals surface area (Å²) in [6.07, 6.45) is 0. The fourth-order valence-electron chi connectivity index (χ4n) is 2.48. The molecule has 1 atom stereocenters. The normalized spacial score (nSPS) is 16.7. The number of ether oxygens (including phenoxy) is 1. The molecule has 1 aliphatic heterocycles. The quantitative estimate of drug-likeness (QED) is 0.815. The van der Waals surface area contributed by atoms with Gasteiger partial charge in [0.15, 0.2) is 0 Å². The van der Waals surface area contributed by atoms with E-state index < -0.39 is 11.7 Å². The second-order valence-electron chi connectivity index (χ2n) is 4.82. The number of phenols is 1. The standard InChI is InChI=1S/C16H10BrFN2O2/c17-12-5-8(1-4-13(12)18)15-10-3-2-9(21)6-14(10)22-16(20)11(15)7-19/h1-6,15,21H,20H2/t15-/m0/s1. The first-order chi connectivity index (χ1) is 10.5. The number of benzene rings is 2. The molecule has 2 aromatic rings. The van der Waals surface area contributed by atoms with Gasteiger partial charge in [-0.05, 0) is 39.7 Å². The number of nitrogens with two attached hydrogens (primary N) is 1. The highest BCUT2D eigenvalue weighted by atomic mass is 79.9. The van der Waals surface area contributed by atoms with Crippen LogP contribution in [0, 0.1) is 17.1 Å². The van der Waals surface area contributed by atoms with Gasteiger partial charge in [-0.25, -0.2) is 4.39 Å². The maximum atomic E-state index is 13.5. The van der Waals surface area contributed by atoms with Crippen LogP contribution in [-0.2, 0) is 0 Å². The minimum atomic E-state index is -0.480. The molecule has 1 aliphatic rings. The van der Waals surface area contributed by atoms with Crippen molar-refractivity contribution in [3.8, 4) is 17.6 Å². The van der Waals surface area contributed by atoms with Gasteiger partial charge < -0.3 is 15.6 Å². The van der Waals surface area contributed by atoms with E-state index in [4.69, 9.17) is 10.5 Å². The fourth-order valence-corrected chi connectivity index (χ4v) is 2.88. The second-order valence-corrected chi connectivity index (χ2v) is 5.67. The Morgan fingerprint density at radius 3 is 2.73 bits per heavy atom. The maximum absolute atomic E-state index is 13.5. The van der Waals surface area contributed by atoms with Gasteiger partial charge in [-0.1, -0.05) is 12.1 Å². The molecule has 0 fully saturated rings. The molecule has 0 unspecified atom stereocenters. The molecule has 0 saturated heterocycles. The number of fused-ring (bicyclic) bond motifs is 1.